The summed E-state index contributed by atoms with van der Waals surface area (Å²) in [5, 5.41) is 3.63. The molecule has 0 spiro atoms. The topological polar surface area (TPSA) is 68.3 Å². The van der Waals surface area contributed by atoms with Crippen molar-refractivity contribution in [1.29, 1.82) is 0 Å². The molecule has 0 fully saturated rings. The number of rotatable bonds is 4. The molecule has 0 aliphatic rings. The van der Waals surface area contributed by atoms with E-state index >= 15 is 0 Å². The van der Waals surface area contributed by atoms with Crippen molar-refractivity contribution in [3.63, 3.8) is 0 Å². The van der Waals surface area contributed by atoms with E-state index in [1.807, 2.05) is 12.1 Å². The van der Waals surface area contributed by atoms with Gasteiger partial charge in [-0.15, -0.1) is 12.4 Å². The highest BCUT2D eigenvalue weighted by atomic mass is 79.9. The minimum absolute atomic E-state index is 0. The van der Waals surface area contributed by atoms with Crippen molar-refractivity contribution in [3.8, 4) is 0 Å². The third kappa shape index (κ3) is 3.95. The van der Waals surface area contributed by atoms with E-state index in [4.69, 9.17) is 10.2 Å². The lowest BCUT2D eigenvalue weighted by molar-refractivity contribution is 0.0928. The molecule has 0 unspecified atom stereocenters. The molecule has 104 valence electrons. The van der Waals surface area contributed by atoms with Gasteiger partial charge in [0.25, 0.3) is 5.91 Å². The van der Waals surface area contributed by atoms with Crippen LogP contribution in [0.3, 0.4) is 0 Å². The second kappa shape index (κ2) is 7.28. The van der Waals surface area contributed by atoms with Gasteiger partial charge in [-0.1, -0.05) is 15.9 Å². The van der Waals surface area contributed by atoms with E-state index in [9.17, 15) is 4.79 Å². The Labute approximate surface area is 133 Å². The fourth-order valence-corrected chi connectivity index (χ4v) is 2.92. The van der Waals surface area contributed by atoms with Gasteiger partial charge in [0.05, 0.1) is 4.47 Å². The van der Waals surface area contributed by atoms with Crippen molar-refractivity contribution in [2.24, 2.45) is 5.73 Å². The number of fused-ring (bicyclic) bond motifs is 1. The van der Waals surface area contributed by atoms with Gasteiger partial charge in [-0.2, -0.15) is 0 Å². The Morgan fingerprint density at radius 2 is 2.05 bits per heavy atom. The van der Waals surface area contributed by atoms with Gasteiger partial charge in [-0.05, 0) is 47.1 Å². The van der Waals surface area contributed by atoms with E-state index in [1.165, 1.54) is 0 Å². The van der Waals surface area contributed by atoms with Crippen molar-refractivity contribution < 1.29 is 9.21 Å². The van der Waals surface area contributed by atoms with Gasteiger partial charge in [0.15, 0.2) is 5.76 Å². The van der Waals surface area contributed by atoms with Crippen LogP contribution >= 0.6 is 44.3 Å². The quantitative estimate of drug-likeness (QED) is 0.756. The van der Waals surface area contributed by atoms with Gasteiger partial charge < -0.3 is 15.5 Å². The summed E-state index contributed by atoms with van der Waals surface area (Å²) in [7, 11) is 0. The van der Waals surface area contributed by atoms with Crippen molar-refractivity contribution in [2.75, 3.05) is 13.1 Å². The Kier molecular flexibility index (Phi) is 6.32. The zero-order valence-corrected chi connectivity index (χ0v) is 13.9. The van der Waals surface area contributed by atoms with Crippen LogP contribution in [0.5, 0.6) is 0 Å². The van der Waals surface area contributed by atoms with Crippen molar-refractivity contribution in [3.05, 3.63) is 32.9 Å². The first-order valence-electron chi connectivity index (χ1n) is 5.48. The zero-order chi connectivity index (χ0) is 13.1. The van der Waals surface area contributed by atoms with E-state index in [2.05, 4.69) is 37.2 Å². The highest BCUT2D eigenvalue weighted by Gasteiger charge is 2.13. The predicted molar refractivity (Wildman–Crippen MR) is 84.9 cm³/mol. The summed E-state index contributed by atoms with van der Waals surface area (Å²) in [6, 6.07) is 5.50. The fraction of sp³-hybridized carbons (Fsp3) is 0.250. The maximum absolute atomic E-state index is 11.8. The molecule has 0 atom stereocenters. The van der Waals surface area contributed by atoms with E-state index in [0.717, 1.165) is 20.8 Å². The molecule has 1 heterocycles. The Morgan fingerprint density at radius 1 is 1.32 bits per heavy atom. The molecule has 0 saturated heterocycles. The summed E-state index contributed by atoms with van der Waals surface area (Å²) in [4.78, 5) is 11.8. The number of hydrogen-bond donors (Lipinski definition) is 2. The molecule has 0 aliphatic heterocycles. The number of carbonyl (C=O) groups is 1. The van der Waals surface area contributed by atoms with Gasteiger partial charge >= 0.3 is 0 Å². The zero-order valence-electron chi connectivity index (χ0n) is 9.91. The summed E-state index contributed by atoms with van der Waals surface area (Å²) < 4.78 is 7.28. The molecule has 0 bridgehead atoms. The number of furan rings is 1. The largest absolute Gasteiger partial charge is 0.450 e. The maximum Gasteiger partial charge on any atom is 0.287 e. The van der Waals surface area contributed by atoms with Crippen LogP contribution in [-0.2, 0) is 0 Å². The van der Waals surface area contributed by atoms with Crippen LogP contribution in [-0.4, -0.2) is 19.0 Å². The average Bonchev–Trinajstić information content (AvgIpc) is 2.73. The predicted octanol–water partition coefficient (Wildman–Crippen LogP) is 3.46. The van der Waals surface area contributed by atoms with Gasteiger partial charge in [-0.25, -0.2) is 0 Å². The van der Waals surface area contributed by atoms with E-state index in [-0.39, 0.29) is 18.3 Å². The molecule has 19 heavy (non-hydrogen) atoms. The number of halogens is 3. The number of nitrogens with two attached hydrogens (primary N) is 1. The molecule has 1 amide bonds. The van der Waals surface area contributed by atoms with Crippen LogP contribution in [0.4, 0.5) is 0 Å². The normalized spacial score (nSPS) is 10.3. The van der Waals surface area contributed by atoms with Crippen molar-refractivity contribution in [1.82, 2.24) is 5.32 Å². The molecule has 0 aliphatic carbocycles. The van der Waals surface area contributed by atoms with E-state index in [1.54, 1.807) is 6.07 Å². The lowest BCUT2D eigenvalue weighted by Crippen LogP contribution is -2.25. The molecule has 0 saturated carbocycles. The Bertz CT molecular complexity index is 586. The van der Waals surface area contributed by atoms with Crippen LogP contribution in [0.2, 0.25) is 0 Å². The lowest BCUT2D eigenvalue weighted by atomic mass is 10.2. The third-order valence-corrected chi connectivity index (χ3v) is 3.47. The van der Waals surface area contributed by atoms with Crippen LogP contribution < -0.4 is 11.1 Å². The van der Waals surface area contributed by atoms with Crippen LogP contribution in [0.25, 0.3) is 11.0 Å². The molecule has 7 heteroatoms. The van der Waals surface area contributed by atoms with E-state index < -0.39 is 0 Å². The lowest BCUT2D eigenvalue weighted by Gasteiger charge is -2.00. The minimum Gasteiger partial charge on any atom is -0.450 e. The Balaban J connectivity index is 0.00000180. The van der Waals surface area contributed by atoms with E-state index in [0.29, 0.717) is 24.4 Å². The van der Waals surface area contributed by atoms with Crippen LogP contribution in [0.1, 0.15) is 17.0 Å². The van der Waals surface area contributed by atoms with Crippen molar-refractivity contribution in [2.45, 2.75) is 6.42 Å². The second-order valence-corrected chi connectivity index (χ2v) is 5.58. The summed E-state index contributed by atoms with van der Waals surface area (Å²) in [5.74, 6) is 0.0866. The monoisotopic (exact) mass is 410 g/mol. The van der Waals surface area contributed by atoms with Crippen LogP contribution in [0.15, 0.2) is 31.6 Å². The molecule has 3 N–H and O–H groups in total. The minimum atomic E-state index is -0.220. The number of nitrogens with one attached hydrogen (secondary N) is 1. The van der Waals surface area contributed by atoms with Crippen LogP contribution in [0, 0.1) is 0 Å². The third-order valence-electron chi connectivity index (χ3n) is 2.43. The summed E-state index contributed by atoms with van der Waals surface area (Å²) in [6.07, 6.45) is 0.751. The fourth-order valence-electron chi connectivity index (χ4n) is 1.58. The van der Waals surface area contributed by atoms with Gasteiger partial charge in [0.2, 0.25) is 0 Å². The summed E-state index contributed by atoms with van der Waals surface area (Å²) in [6.45, 7) is 1.11. The number of hydrogen-bond acceptors (Lipinski definition) is 3. The molecule has 1 aromatic heterocycles. The molecule has 0 radical (unpaired) electrons. The second-order valence-electron chi connectivity index (χ2n) is 3.81. The smallest absolute Gasteiger partial charge is 0.287 e. The average molecular weight is 413 g/mol. The first-order chi connectivity index (χ1) is 8.61. The molecule has 1 aromatic carbocycles. The number of benzene rings is 1. The highest BCUT2D eigenvalue weighted by Crippen LogP contribution is 2.30. The Hall–Kier alpha value is -0.560. The number of carbonyl (C=O) groups excluding carboxylic acids is 1. The molecule has 2 aromatic rings. The summed E-state index contributed by atoms with van der Waals surface area (Å²) in [5.41, 5.74) is 6.03. The van der Waals surface area contributed by atoms with Gasteiger partial charge in [-0.3, -0.25) is 4.79 Å². The molecule has 2 rings (SSSR count). The SMILES string of the molecule is Cl.NCCCNC(=O)c1cc2cc(Br)cc(Br)c2o1. The molecular weight excluding hydrogens is 399 g/mol. The summed E-state index contributed by atoms with van der Waals surface area (Å²) >= 11 is 6.80. The van der Waals surface area contributed by atoms with Crippen molar-refractivity contribution >= 4 is 61.1 Å². The maximum atomic E-state index is 11.8. The standard InChI is InChI=1S/C12H12Br2N2O2.ClH/c13-8-4-7-5-10(12(17)16-3-1-2-15)18-11(7)9(14)6-8;/h4-6H,1-3,15H2,(H,16,17);1H. The van der Waals surface area contributed by atoms with Gasteiger partial charge in [0.1, 0.15) is 5.58 Å². The van der Waals surface area contributed by atoms with Gasteiger partial charge in [0, 0.05) is 16.4 Å². The number of amides is 1. The highest BCUT2D eigenvalue weighted by molar-refractivity contribution is 9.11. The first kappa shape index (κ1) is 16.5. The molecule has 4 nitrogen and oxygen atoms in total. The first-order valence-corrected chi connectivity index (χ1v) is 7.07. The Morgan fingerprint density at radius 3 is 2.74 bits per heavy atom. The molecular formula is C12H13Br2ClN2O2.